The van der Waals surface area contributed by atoms with Crippen LogP contribution in [0.1, 0.15) is 13.8 Å². The summed E-state index contributed by atoms with van der Waals surface area (Å²) in [5.41, 5.74) is 1.03. The van der Waals surface area contributed by atoms with Gasteiger partial charge in [0.2, 0.25) is 0 Å². The molecule has 2 nitrogen and oxygen atoms in total. The van der Waals surface area contributed by atoms with E-state index in [4.69, 9.17) is 0 Å². The molecule has 13 heavy (non-hydrogen) atoms. The fraction of sp³-hybridized carbons (Fsp3) is 0.300. The molecule has 1 aromatic carbocycles. The highest BCUT2D eigenvalue weighted by atomic mass is 79.9. The zero-order valence-corrected chi connectivity index (χ0v) is 9.67. The van der Waals surface area contributed by atoms with Crippen LogP contribution in [0, 0.1) is 0 Å². The number of fused-ring (bicyclic) bond motifs is 1. The zero-order chi connectivity index (χ0) is 9.84. The molecule has 0 atom stereocenters. The third-order valence-corrected chi connectivity index (χ3v) is 2.30. The lowest BCUT2D eigenvalue weighted by Crippen LogP contribution is -1.84. The lowest BCUT2D eigenvalue weighted by molar-refractivity contribution is 0.779. The van der Waals surface area contributed by atoms with Crippen molar-refractivity contribution >= 4 is 26.8 Å². The van der Waals surface area contributed by atoms with Crippen molar-refractivity contribution in [2.24, 2.45) is 7.05 Å². The van der Waals surface area contributed by atoms with Gasteiger partial charge in [0.15, 0.2) is 0 Å². The molecule has 0 unspecified atom stereocenters. The second-order valence-corrected chi connectivity index (χ2v) is 3.33. The van der Waals surface area contributed by atoms with Gasteiger partial charge in [-0.3, -0.25) is 4.68 Å². The maximum absolute atomic E-state index is 4.26. The van der Waals surface area contributed by atoms with Crippen LogP contribution in [0.25, 0.3) is 10.9 Å². The molecule has 0 amide bonds. The SMILES string of the molecule is CC.Cn1cc2c(Br)cccc2n1. The maximum atomic E-state index is 4.26. The van der Waals surface area contributed by atoms with Crippen molar-refractivity contribution < 1.29 is 0 Å². The number of hydrogen-bond donors (Lipinski definition) is 0. The Bertz CT molecular complexity index is 393. The van der Waals surface area contributed by atoms with Gasteiger partial charge in [-0.05, 0) is 12.1 Å². The molecule has 0 saturated carbocycles. The quantitative estimate of drug-likeness (QED) is 0.691. The molecule has 2 rings (SSSR count). The van der Waals surface area contributed by atoms with E-state index in [9.17, 15) is 0 Å². The summed E-state index contributed by atoms with van der Waals surface area (Å²) < 4.78 is 2.92. The van der Waals surface area contributed by atoms with Crippen LogP contribution in [0.4, 0.5) is 0 Å². The highest BCUT2D eigenvalue weighted by Crippen LogP contribution is 2.21. The first-order valence-electron chi connectivity index (χ1n) is 4.35. The Kier molecular flexibility index (Phi) is 3.48. The third kappa shape index (κ3) is 2.10. The van der Waals surface area contributed by atoms with E-state index < -0.39 is 0 Å². The van der Waals surface area contributed by atoms with Crippen LogP contribution in [0.2, 0.25) is 0 Å². The third-order valence-electron chi connectivity index (χ3n) is 1.61. The minimum atomic E-state index is 1.03. The van der Waals surface area contributed by atoms with Crippen molar-refractivity contribution in [3.63, 3.8) is 0 Å². The number of aryl methyl sites for hydroxylation is 1. The van der Waals surface area contributed by atoms with Gasteiger partial charge in [0, 0.05) is 23.1 Å². The molecule has 2 aromatic rings. The minimum Gasteiger partial charge on any atom is -0.275 e. The zero-order valence-electron chi connectivity index (χ0n) is 8.08. The molecule has 0 radical (unpaired) electrons. The van der Waals surface area contributed by atoms with Crippen LogP contribution in [0.15, 0.2) is 28.9 Å². The van der Waals surface area contributed by atoms with Gasteiger partial charge in [0.1, 0.15) is 0 Å². The lowest BCUT2D eigenvalue weighted by atomic mass is 10.3. The normalized spacial score (nSPS) is 9.54. The molecular weight excluding hydrogens is 228 g/mol. The first-order chi connectivity index (χ1) is 6.27. The highest BCUT2D eigenvalue weighted by molar-refractivity contribution is 9.10. The van der Waals surface area contributed by atoms with Crippen molar-refractivity contribution in [2.45, 2.75) is 13.8 Å². The fourth-order valence-corrected chi connectivity index (χ4v) is 1.58. The molecule has 0 spiro atoms. The maximum Gasteiger partial charge on any atom is 0.0934 e. The topological polar surface area (TPSA) is 17.8 Å². The van der Waals surface area contributed by atoms with Gasteiger partial charge in [0.25, 0.3) is 0 Å². The van der Waals surface area contributed by atoms with Crippen molar-refractivity contribution in [1.82, 2.24) is 9.78 Å². The molecule has 0 aliphatic carbocycles. The number of halogens is 1. The Morgan fingerprint density at radius 1 is 1.31 bits per heavy atom. The summed E-state index contributed by atoms with van der Waals surface area (Å²) in [5.74, 6) is 0. The number of aromatic nitrogens is 2. The average molecular weight is 241 g/mol. The van der Waals surface area contributed by atoms with Crippen LogP contribution in [-0.2, 0) is 7.05 Å². The fourth-order valence-electron chi connectivity index (χ4n) is 1.13. The largest absolute Gasteiger partial charge is 0.275 e. The van der Waals surface area contributed by atoms with Gasteiger partial charge in [-0.1, -0.05) is 35.8 Å². The Morgan fingerprint density at radius 3 is 2.62 bits per heavy atom. The Hall–Kier alpha value is -0.830. The van der Waals surface area contributed by atoms with E-state index in [1.165, 1.54) is 0 Å². The minimum absolute atomic E-state index is 1.03. The van der Waals surface area contributed by atoms with Crippen molar-refractivity contribution in [3.05, 3.63) is 28.9 Å². The van der Waals surface area contributed by atoms with E-state index >= 15 is 0 Å². The van der Waals surface area contributed by atoms with Gasteiger partial charge in [-0.15, -0.1) is 0 Å². The number of benzene rings is 1. The van der Waals surface area contributed by atoms with Crippen LogP contribution >= 0.6 is 15.9 Å². The number of rotatable bonds is 0. The highest BCUT2D eigenvalue weighted by Gasteiger charge is 1.99. The molecule has 1 heterocycles. The summed E-state index contributed by atoms with van der Waals surface area (Å²) >= 11 is 3.46. The van der Waals surface area contributed by atoms with Crippen molar-refractivity contribution in [3.8, 4) is 0 Å². The molecule has 70 valence electrons. The molecule has 1 aromatic heterocycles. The first kappa shape index (κ1) is 10.3. The second-order valence-electron chi connectivity index (χ2n) is 2.48. The van der Waals surface area contributed by atoms with Crippen molar-refractivity contribution in [2.75, 3.05) is 0 Å². The van der Waals surface area contributed by atoms with E-state index in [0.717, 1.165) is 15.4 Å². The van der Waals surface area contributed by atoms with E-state index in [1.807, 2.05) is 50.0 Å². The Morgan fingerprint density at radius 2 is 2.00 bits per heavy atom. The van der Waals surface area contributed by atoms with E-state index in [2.05, 4.69) is 21.0 Å². The predicted octanol–water partition coefficient (Wildman–Crippen LogP) is 3.36. The van der Waals surface area contributed by atoms with E-state index in [1.54, 1.807) is 0 Å². The number of nitrogens with zero attached hydrogens (tertiary/aromatic N) is 2. The molecule has 3 heteroatoms. The molecule has 0 fully saturated rings. The van der Waals surface area contributed by atoms with Gasteiger partial charge >= 0.3 is 0 Å². The summed E-state index contributed by atoms with van der Waals surface area (Å²) in [6, 6.07) is 6.00. The second kappa shape index (κ2) is 4.42. The molecule has 0 N–H and O–H groups in total. The van der Waals surface area contributed by atoms with Crippen LogP contribution < -0.4 is 0 Å². The molecule has 0 aliphatic rings. The van der Waals surface area contributed by atoms with Gasteiger partial charge in [0.05, 0.1) is 5.52 Å². The van der Waals surface area contributed by atoms with E-state index in [-0.39, 0.29) is 0 Å². The van der Waals surface area contributed by atoms with Crippen LogP contribution in [0.3, 0.4) is 0 Å². The standard InChI is InChI=1S/C8H7BrN2.C2H6/c1-11-5-6-7(9)3-2-4-8(6)10-11;1-2/h2-5H,1H3;1-2H3. The van der Waals surface area contributed by atoms with E-state index in [0.29, 0.717) is 0 Å². The Labute approximate surface area is 86.7 Å². The lowest BCUT2D eigenvalue weighted by Gasteiger charge is -1.88. The van der Waals surface area contributed by atoms with Gasteiger partial charge in [-0.25, -0.2) is 0 Å². The first-order valence-corrected chi connectivity index (χ1v) is 5.14. The monoisotopic (exact) mass is 240 g/mol. The van der Waals surface area contributed by atoms with Crippen LogP contribution in [0.5, 0.6) is 0 Å². The molecule has 0 bridgehead atoms. The summed E-state index contributed by atoms with van der Waals surface area (Å²) in [5, 5.41) is 5.42. The summed E-state index contributed by atoms with van der Waals surface area (Å²) in [7, 11) is 1.92. The summed E-state index contributed by atoms with van der Waals surface area (Å²) in [6.07, 6.45) is 2.00. The predicted molar refractivity (Wildman–Crippen MR) is 59.8 cm³/mol. The van der Waals surface area contributed by atoms with Crippen molar-refractivity contribution in [1.29, 1.82) is 0 Å². The smallest absolute Gasteiger partial charge is 0.0934 e. The Balaban J connectivity index is 0.000000396. The molecule has 0 saturated heterocycles. The van der Waals surface area contributed by atoms with Gasteiger partial charge < -0.3 is 0 Å². The molecule has 0 aliphatic heterocycles. The van der Waals surface area contributed by atoms with Crippen LogP contribution in [-0.4, -0.2) is 9.78 Å². The number of hydrogen-bond acceptors (Lipinski definition) is 1. The molecular formula is C10H13BrN2. The van der Waals surface area contributed by atoms with Gasteiger partial charge in [-0.2, -0.15) is 5.10 Å². The summed E-state index contributed by atoms with van der Waals surface area (Å²) in [4.78, 5) is 0. The summed E-state index contributed by atoms with van der Waals surface area (Å²) in [6.45, 7) is 4.00. The average Bonchev–Trinajstić information content (AvgIpc) is 2.51.